The summed E-state index contributed by atoms with van der Waals surface area (Å²) in [7, 11) is 3.17. The lowest BCUT2D eigenvalue weighted by molar-refractivity contribution is -0.125. The van der Waals surface area contributed by atoms with Gasteiger partial charge in [0.25, 0.3) is 0 Å². The number of anilines is 1. The molecule has 1 fully saturated rings. The average Bonchev–Trinajstić information content (AvgIpc) is 2.94. The summed E-state index contributed by atoms with van der Waals surface area (Å²) in [4.78, 5) is 19.2. The first-order valence-corrected chi connectivity index (χ1v) is 12.1. The van der Waals surface area contributed by atoms with Crippen molar-refractivity contribution in [2.45, 2.75) is 11.6 Å². The average molecular weight is 486 g/mol. The second kappa shape index (κ2) is 10.1. The molecule has 0 aliphatic carbocycles. The van der Waals surface area contributed by atoms with Gasteiger partial charge in [0.2, 0.25) is 0 Å². The molecule has 3 aromatic carbocycles. The fraction of sp³-hybridized carbons (Fsp3) is 0.286. The second-order valence-corrected chi connectivity index (χ2v) is 8.90. The van der Waals surface area contributed by atoms with E-state index in [2.05, 4.69) is 10.3 Å². The monoisotopic (exact) mass is 485 g/mol. The van der Waals surface area contributed by atoms with E-state index in [0.717, 1.165) is 43.0 Å². The molecule has 0 aromatic heterocycles. The first-order chi connectivity index (χ1) is 17.6. The molecule has 0 saturated carbocycles. The topological polar surface area (TPSA) is 92.4 Å². The van der Waals surface area contributed by atoms with Crippen LogP contribution in [-0.4, -0.2) is 57.5 Å². The van der Waals surface area contributed by atoms with E-state index in [0.29, 0.717) is 17.1 Å². The van der Waals surface area contributed by atoms with Crippen LogP contribution in [0.25, 0.3) is 0 Å². The number of benzene rings is 3. The Kier molecular flexibility index (Phi) is 6.73. The van der Waals surface area contributed by atoms with Crippen LogP contribution in [0.2, 0.25) is 0 Å². The maximum atomic E-state index is 14.5. The number of methoxy groups -OCH3 is 2. The van der Waals surface area contributed by atoms with Gasteiger partial charge in [-0.1, -0.05) is 60.7 Å². The molecule has 36 heavy (non-hydrogen) atoms. The largest absolute Gasteiger partial charge is 0.493 e. The van der Waals surface area contributed by atoms with Crippen LogP contribution >= 0.6 is 0 Å². The van der Waals surface area contributed by atoms with Crippen molar-refractivity contribution in [2.24, 2.45) is 10.7 Å². The lowest BCUT2D eigenvalue weighted by atomic mass is 9.79. The van der Waals surface area contributed by atoms with Gasteiger partial charge >= 0.3 is 0 Å². The van der Waals surface area contributed by atoms with Crippen molar-refractivity contribution in [1.29, 1.82) is 0 Å². The standard InChI is InChI=1S/C28H31N5O3/c1-35-24-17-22-23(18-25(24)36-2)33(32-15-13-30-14-16-32)19-31-28(22,29)27(34)26(20-9-5-3-6-10-20)21-11-7-4-8-12-21/h3-12,17-19,26,30H,13-16,29H2,1-2H3. The van der Waals surface area contributed by atoms with Crippen molar-refractivity contribution in [3.8, 4) is 11.5 Å². The minimum atomic E-state index is -1.63. The van der Waals surface area contributed by atoms with Gasteiger partial charge in [-0.3, -0.25) is 15.5 Å². The van der Waals surface area contributed by atoms with Crippen LogP contribution in [-0.2, 0) is 10.5 Å². The molecule has 0 spiro atoms. The number of hydrogen-bond donors (Lipinski definition) is 2. The molecule has 2 aliphatic rings. The third-order valence-corrected chi connectivity index (χ3v) is 6.83. The second-order valence-electron chi connectivity index (χ2n) is 8.90. The van der Waals surface area contributed by atoms with Crippen molar-refractivity contribution in [2.75, 3.05) is 45.4 Å². The molecule has 8 nitrogen and oxygen atoms in total. The van der Waals surface area contributed by atoms with Gasteiger partial charge in [0.05, 0.1) is 25.8 Å². The van der Waals surface area contributed by atoms with Gasteiger partial charge in [0.1, 0.15) is 6.34 Å². The number of aliphatic imine (C=N–C) groups is 1. The highest BCUT2D eigenvalue weighted by atomic mass is 16.5. The summed E-state index contributed by atoms with van der Waals surface area (Å²) >= 11 is 0. The molecule has 3 aromatic rings. The number of nitrogens with zero attached hydrogens (tertiary/aromatic N) is 3. The fourth-order valence-electron chi connectivity index (χ4n) is 4.94. The van der Waals surface area contributed by atoms with Gasteiger partial charge in [0, 0.05) is 37.8 Å². The van der Waals surface area contributed by atoms with E-state index in [1.54, 1.807) is 26.6 Å². The Bertz CT molecular complexity index is 1210. The van der Waals surface area contributed by atoms with Crippen LogP contribution in [0, 0.1) is 0 Å². The Hall–Kier alpha value is -3.72. The molecule has 1 atom stereocenters. The maximum Gasteiger partial charge on any atom is 0.197 e. The van der Waals surface area contributed by atoms with E-state index in [1.165, 1.54) is 0 Å². The molecular formula is C28H31N5O3. The number of piperazine rings is 1. The van der Waals surface area contributed by atoms with E-state index >= 15 is 0 Å². The van der Waals surface area contributed by atoms with Crippen LogP contribution < -0.4 is 25.5 Å². The normalized spacial score (nSPS) is 19.7. The third kappa shape index (κ3) is 4.24. The molecule has 1 unspecified atom stereocenters. The van der Waals surface area contributed by atoms with Crippen molar-refractivity contribution in [1.82, 2.24) is 10.3 Å². The molecule has 0 amide bonds. The summed E-state index contributed by atoms with van der Waals surface area (Å²) in [5, 5.41) is 7.52. The number of hydrogen-bond acceptors (Lipinski definition) is 8. The predicted molar refractivity (Wildman–Crippen MR) is 141 cm³/mol. The summed E-state index contributed by atoms with van der Waals surface area (Å²) in [5.41, 5.74) is 8.41. The Labute approximate surface area is 211 Å². The number of fused-ring (bicyclic) bond motifs is 1. The number of Topliss-reactive ketones (excluding diaryl/α,β-unsaturated/α-hetero) is 1. The first kappa shape index (κ1) is 24.0. The summed E-state index contributed by atoms with van der Waals surface area (Å²) < 4.78 is 11.2. The number of carbonyl (C=O) groups is 1. The van der Waals surface area contributed by atoms with Gasteiger partial charge in [0.15, 0.2) is 22.9 Å². The van der Waals surface area contributed by atoms with Gasteiger partial charge in [-0.2, -0.15) is 0 Å². The van der Waals surface area contributed by atoms with Crippen molar-refractivity contribution >= 4 is 17.8 Å². The highest BCUT2D eigenvalue weighted by Crippen LogP contribution is 2.44. The molecular weight excluding hydrogens is 454 g/mol. The molecule has 186 valence electrons. The number of hydrazine groups is 1. The number of ether oxygens (including phenoxy) is 2. The van der Waals surface area contributed by atoms with Crippen molar-refractivity contribution in [3.63, 3.8) is 0 Å². The number of ketones is 1. The van der Waals surface area contributed by atoms with E-state index in [4.69, 9.17) is 20.2 Å². The smallest absolute Gasteiger partial charge is 0.197 e. The van der Waals surface area contributed by atoms with Gasteiger partial charge in [-0.05, 0) is 17.2 Å². The Morgan fingerprint density at radius 1 is 0.944 bits per heavy atom. The molecule has 2 aliphatic heterocycles. The van der Waals surface area contributed by atoms with Crippen molar-refractivity contribution < 1.29 is 14.3 Å². The Morgan fingerprint density at radius 2 is 1.50 bits per heavy atom. The highest BCUT2D eigenvalue weighted by molar-refractivity contribution is 6.02. The van der Waals surface area contributed by atoms with E-state index in [9.17, 15) is 4.79 Å². The first-order valence-electron chi connectivity index (χ1n) is 12.1. The van der Waals surface area contributed by atoms with Crippen LogP contribution in [0.15, 0.2) is 77.8 Å². The molecule has 1 saturated heterocycles. The van der Waals surface area contributed by atoms with E-state index in [1.807, 2.05) is 71.7 Å². The lowest BCUT2D eigenvalue weighted by Gasteiger charge is -2.42. The predicted octanol–water partition coefficient (Wildman–Crippen LogP) is 2.89. The molecule has 5 rings (SSSR count). The van der Waals surface area contributed by atoms with E-state index < -0.39 is 11.6 Å². The molecule has 3 N–H and O–H groups in total. The quantitative estimate of drug-likeness (QED) is 0.532. The maximum absolute atomic E-state index is 14.5. The zero-order valence-corrected chi connectivity index (χ0v) is 20.6. The van der Waals surface area contributed by atoms with Gasteiger partial charge in [-0.15, -0.1) is 0 Å². The number of rotatable bonds is 7. The molecule has 0 radical (unpaired) electrons. The Balaban J connectivity index is 1.66. The minimum absolute atomic E-state index is 0.218. The van der Waals surface area contributed by atoms with E-state index in [-0.39, 0.29) is 5.78 Å². The third-order valence-electron chi connectivity index (χ3n) is 6.83. The number of nitrogens with one attached hydrogen (secondary N) is 1. The van der Waals surface area contributed by atoms with Crippen LogP contribution in [0.3, 0.4) is 0 Å². The SMILES string of the molecule is COc1cc2c(cc1OC)C(N)(C(=O)C(c1ccccc1)c1ccccc1)N=CN2N1CCNCC1. The van der Waals surface area contributed by atoms with Gasteiger partial charge in [-0.25, -0.2) is 10.0 Å². The minimum Gasteiger partial charge on any atom is -0.493 e. The molecule has 0 bridgehead atoms. The summed E-state index contributed by atoms with van der Waals surface area (Å²) in [6.45, 7) is 3.29. The summed E-state index contributed by atoms with van der Waals surface area (Å²) in [5.74, 6) is 0.238. The fourth-order valence-corrected chi connectivity index (χ4v) is 4.94. The van der Waals surface area contributed by atoms with Crippen molar-refractivity contribution in [3.05, 3.63) is 89.5 Å². The zero-order valence-electron chi connectivity index (χ0n) is 20.6. The summed E-state index contributed by atoms with van der Waals surface area (Å²) in [6, 6.07) is 23.1. The van der Waals surface area contributed by atoms with Crippen LogP contribution in [0.5, 0.6) is 11.5 Å². The van der Waals surface area contributed by atoms with Gasteiger partial charge < -0.3 is 14.8 Å². The lowest BCUT2D eigenvalue weighted by Crippen LogP contribution is -2.56. The number of nitrogens with two attached hydrogens (primary N) is 1. The van der Waals surface area contributed by atoms with Crippen LogP contribution in [0.1, 0.15) is 22.6 Å². The summed E-state index contributed by atoms with van der Waals surface area (Å²) in [6.07, 6.45) is 1.67. The number of carbonyl (C=O) groups excluding carboxylic acids is 1. The molecule has 8 heteroatoms. The zero-order chi connectivity index (χ0) is 25.1. The van der Waals surface area contributed by atoms with Crippen LogP contribution in [0.4, 0.5) is 5.69 Å². The molecule has 2 heterocycles. The highest BCUT2D eigenvalue weighted by Gasteiger charge is 2.46. The Morgan fingerprint density at radius 3 is 2.06 bits per heavy atom.